The van der Waals surface area contributed by atoms with Crippen LogP contribution in [0.3, 0.4) is 0 Å². The molecule has 0 unspecified atom stereocenters. The van der Waals surface area contributed by atoms with Crippen LogP contribution in [0.15, 0.2) is 22.7 Å². The van der Waals surface area contributed by atoms with Crippen LogP contribution in [0, 0.1) is 11.3 Å². The van der Waals surface area contributed by atoms with Crippen LogP contribution >= 0.6 is 27.5 Å². The number of rotatable bonds is 4. The largest absolute Gasteiger partial charge is 0.312 e. The minimum atomic E-state index is 0.533. The molecular formula is C10H10BrClN2. The molecule has 2 nitrogen and oxygen atoms in total. The van der Waals surface area contributed by atoms with Gasteiger partial charge in [0.25, 0.3) is 0 Å². The molecule has 0 heterocycles. The summed E-state index contributed by atoms with van der Waals surface area (Å²) in [5, 5.41) is 12.2. The highest BCUT2D eigenvalue weighted by atomic mass is 79.9. The second-order valence-electron chi connectivity index (χ2n) is 2.82. The third-order valence-electron chi connectivity index (χ3n) is 1.74. The van der Waals surface area contributed by atoms with Crippen LogP contribution in [0.25, 0.3) is 0 Å². The van der Waals surface area contributed by atoms with Crippen molar-refractivity contribution in [3.63, 3.8) is 0 Å². The fourth-order valence-electron chi connectivity index (χ4n) is 1.03. The summed E-state index contributed by atoms with van der Waals surface area (Å²) in [5.41, 5.74) is 1.15. The second kappa shape index (κ2) is 6.02. The van der Waals surface area contributed by atoms with Gasteiger partial charge in [0.2, 0.25) is 0 Å². The van der Waals surface area contributed by atoms with E-state index in [4.69, 9.17) is 16.9 Å². The van der Waals surface area contributed by atoms with E-state index < -0.39 is 0 Å². The van der Waals surface area contributed by atoms with E-state index in [1.165, 1.54) is 0 Å². The highest BCUT2D eigenvalue weighted by Crippen LogP contribution is 2.21. The first kappa shape index (κ1) is 11.5. The number of hydrogen-bond donors (Lipinski definition) is 1. The van der Waals surface area contributed by atoms with Gasteiger partial charge in [0.05, 0.1) is 6.07 Å². The van der Waals surface area contributed by atoms with Gasteiger partial charge in [-0.2, -0.15) is 5.26 Å². The molecule has 0 radical (unpaired) electrons. The average Bonchev–Trinajstić information content (AvgIpc) is 2.15. The summed E-state index contributed by atoms with van der Waals surface area (Å²) in [6.45, 7) is 1.46. The lowest BCUT2D eigenvalue weighted by Gasteiger charge is -2.05. The molecule has 74 valence electrons. The predicted octanol–water partition coefficient (Wildman–Crippen LogP) is 3.11. The Morgan fingerprint density at radius 3 is 2.93 bits per heavy atom. The van der Waals surface area contributed by atoms with Crippen molar-refractivity contribution in [1.82, 2.24) is 5.32 Å². The molecule has 14 heavy (non-hydrogen) atoms. The number of hydrogen-bond acceptors (Lipinski definition) is 2. The molecule has 0 aromatic heterocycles. The summed E-state index contributed by atoms with van der Waals surface area (Å²) in [5.74, 6) is 0. The molecule has 1 rings (SSSR count). The molecule has 0 bridgehead atoms. The molecule has 4 heteroatoms. The third-order valence-corrected chi connectivity index (χ3v) is 2.72. The van der Waals surface area contributed by atoms with Crippen LogP contribution in [-0.2, 0) is 6.54 Å². The standard InChI is InChI=1S/C10H10BrClN2/c11-10-6-9(12)3-2-8(10)7-14-5-1-4-13/h2-3,6,14H,1,5,7H2. The molecule has 0 aliphatic rings. The maximum atomic E-state index is 8.34. The van der Waals surface area contributed by atoms with Gasteiger partial charge in [-0.25, -0.2) is 0 Å². The molecule has 0 fully saturated rings. The zero-order valence-electron chi connectivity index (χ0n) is 7.56. The summed E-state index contributed by atoms with van der Waals surface area (Å²) >= 11 is 9.23. The summed E-state index contributed by atoms with van der Waals surface area (Å²) in [4.78, 5) is 0. The van der Waals surface area contributed by atoms with Crippen LogP contribution < -0.4 is 5.32 Å². The smallest absolute Gasteiger partial charge is 0.0635 e. The Balaban J connectivity index is 2.47. The van der Waals surface area contributed by atoms with Crippen molar-refractivity contribution in [2.24, 2.45) is 0 Å². The van der Waals surface area contributed by atoms with Gasteiger partial charge in [-0.1, -0.05) is 33.6 Å². The molecule has 0 spiro atoms. The molecule has 0 atom stereocenters. The number of nitriles is 1. The second-order valence-corrected chi connectivity index (χ2v) is 4.11. The van der Waals surface area contributed by atoms with E-state index in [1.54, 1.807) is 0 Å². The highest BCUT2D eigenvalue weighted by molar-refractivity contribution is 9.10. The molecule has 0 saturated heterocycles. The Hall–Kier alpha value is -0.560. The SMILES string of the molecule is N#CCCNCc1ccc(Cl)cc1Br. The number of benzene rings is 1. The van der Waals surface area contributed by atoms with Gasteiger partial charge in [0, 0.05) is 29.0 Å². The Bertz CT molecular complexity index is 346. The first-order valence-corrected chi connectivity index (χ1v) is 5.42. The van der Waals surface area contributed by atoms with E-state index in [1.807, 2.05) is 18.2 Å². The molecule has 1 aromatic rings. The summed E-state index contributed by atoms with van der Waals surface area (Å²) in [7, 11) is 0. The first-order chi connectivity index (χ1) is 6.74. The molecule has 1 aromatic carbocycles. The summed E-state index contributed by atoms with van der Waals surface area (Å²) < 4.78 is 0.995. The van der Waals surface area contributed by atoms with Crippen LogP contribution in [0.2, 0.25) is 5.02 Å². The topological polar surface area (TPSA) is 35.8 Å². The van der Waals surface area contributed by atoms with E-state index in [0.29, 0.717) is 13.0 Å². The van der Waals surface area contributed by atoms with Gasteiger partial charge in [-0.05, 0) is 17.7 Å². The lowest BCUT2D eigenvalue weighted by Crippen LogP contribution is -2.14. The molecule has 0 aliphatic carbocycles. The van der Waals surface area contributed by atoms with Gasteiger partial charge in [-0.15, -0.1) is 0 Å². The molecule has 0 amide bonds. The quantitative estimate of drug-likeness (QED) is 0.856. The van der Waals surface area contributed by atoms with Gasteiger partial charge in [0.15, 0.2) is 0 Å². The average molecular weight is 274 g/mol. The maximum absolute atomic E-state index is 8.34. The van der Waals surface area contributed by atoms with Crippen LogP contribution in [0.1, 0.15) is 12.0 Å². The van der Waals surface area contributed by atoms with Crippen LogP contribution in [0.5, 0.6) is 0 Å². The predicted molar refractivity (Wildman–Crippen MR) is 61.1 cm³/mol. The molecule has 1 N–H and O–H groups in total. The van der Waals surface area contributed by atoms with Gasteiger partial charge in [0.1, 0.15) is 0 Å². The monoisotopic (exact) mass is 272 g/mol. The zero-order chi connectivity index (χ0) is 10.4. The Morgan fingerprint density at radius 1 is 1.50 bits per heavy atom. The number of halogens is 2. The van der Waals surface area contributed by atoms with Gasteiger partial charge >= 0.3 is 0 Å². The fourth-order valence-corrected chi connectivity index (χ4v) is 1.86. The van der Waals surface area contributed by atoms with E-state index in [2.05, 4.69) is 27.3 Å². The lowest BCUT2D eigenvalue weighted by atomic mass is 10.2. The van der Waals surface area contributed by atoms with Crippen molar-refractivity contribution in [3.8, 4) is 6.07 Å². The van der Waals surface area contributed by atoms with Crippen molar-refractivity contribution in [2.75, 3.05) is 6.54 Å². The van der Waals surface area contributed by atoms with E-state index in [0.717, 1.165) is 21.6 Å². The van der Waals surface area contributed by atoms with E-state index in [9.17, 15) is 0 Å². The van der Waals surface area contributed by atoms with E-state index >= 15 is 0 Å². The molecule has 0 aliphatic heterocycles. The Morgan fingerprint density at radius 2 is 2.29 bits per heavy atom. The zero-order valence-corrected chi connectivity index (χ0v) is 9.90. The van der Waals surface area contributed by atoms with Crippen LogP contribution in [-0.4, -0.2) is 6.54 Å². The summed E-state index contributed by atoms with van der Waals surface area (Å²) in [6, 6.07) is 7.77. The van der Waals surface area contributed by atoms with Crippen LogP contribution in [0.4, 0.5) is 0 Å². The van der Waals surface area contributed by atoms with Crippen molar-refractivity contribution in [1.29, 1.82) is 5.26 Å². The third kappa shape index (κ3) is 3.67. The molecular weight excluding hydrogens is 263 g/mol. The number of nitrogens with one attached hydrogen (secondary N) is 1. The van der Waals surface area contributed by atoms with E-state index in [-0.39, 0.29) is 0 Å². The van der Waals surface area contributed by atoms with Crippen molar-refractivity contribution in [2.45, 2.75) is 13.0 Å². The van der Waals surface area contributed by atoms with Crippen molar-refractivity contribution >= 4 is 27.5 Å². The minimum Gasteiger partial charge on any atom is -0.312 e. The van der Waals surface area contributed by atoms with Gasteiger partial charge < -0.3 is 5.32 Å². The normalized spacial score (nSPS) is 9.79. The maximum Gasteiger partial charge on any atom is 0.0635 e. The Kier molecular flexibility index (Phi) is 4.95. The number of nitrogens with zero attached hydrogens (tertiary/aromatic N) is 1. The molecule has 0 saturated carbocycles. The van der Waals surface area contributed by atoms with Crippen molar-refractivity contribution in [3.05, 3.63) is 33.3 Å². The fraction of sp³-hybridized carbons (Fsp3) is 0.300. The highest BCUT2D eigenvalue weighted by Gasteiger charge is 1.99. The summed E-state index contributed by atoms with van der Waals surface area (Å²) in [6.07, 6.45) is 0.533. The Labute approximate surface area is 97.0 Å². The van der Waals surface area contributed by atoms with Gasteiger partial charge in [-0.3, -0.25) is 0 Å². The lowest BCUT2D eigenvalue weighted by molar-refractivity contribution is 0.697. The van der Waals surface area contributed by atoms with Crippen molar-refractivity contribution < 1.29 is 0 Å². The minimum absolute atomic E-state index is 0.533. The first-order valence-electron chi connectivity index (χ1n) is 4.25.